The highest BCUT2D eigenvalue weighted by molar-refractivity contribution is 6.83. The van der Waals surface area contributed by atoms with E-state index >= 15 is 0 Å². The number of allylic oxidation sites excluding steroid dienone is 5. The van der Waals surface area contributed by atoms with Crippen molar-refractivity contribution in [2.75, 3.05) is 0 Å². The zero-order valence-electron chi connectivity index (χ0n) is 17.4. The molecule has 2 aliphatic rings. The summed E-state index contributed by atoms with van der Waals surface area (Å²) in [6, 6.07) is 20.0. The van der Waals surface area contributed by atoms with Crippen LogP contribution in [-0.4, -0.2) is 8.07 Å². The van der Waals surface area contributed by atoms with Crippen LogP contribution >= 0.6 is 0 Å². The Morgan fingerprint density at radius 1 is 0.852 bits per heavy atom. The first-order chi connectivity index (χ1) is 12.8. The molecule has 2 unspecified atom stereocenters. The molecule has 0 N–H and O–H groups in total. The molecule has 2 aromatic rings. The van der Waals surface area contributed by atoms with Crippen molar-refractivity contribution < 1.29 is 0 Å². The number of fused-ring (bicyclic) bond motifs is 1. The highest BCUT2D eigenvalue weighted by atomic mass is 28.3. The molecule has 0 aliphatic heterocycles. The minimum absolute atomic E-state index is 0.196. The Kier molecular flexibility index (Phi) is 4.19. The molecule has 0 heterocycles. The number of hydrogen-bond donors (Lipinski definition) is 0. The van der Waals surface area contributed by atoms with Crippen molar-refractivity contribution in [1.29, 1.82) is 0 Å². The molecule has 0 aromatic heterocycles. The van der Waals surface area contributed by atoms with Crippen LogP contribution < -0.4 is 0 Å². The average molecular weight is 371 g/mol. The van der Waals surface area contributed by atoms with Crippen LogP contribution in [0.4, 0.5) is 0 Å². The SMILES string of the molecule is CC1=CC(C)([Si](C)(C)C2C=C(c3ccccc3)c3ccccc32)C(C)=C1C. The fraction of sp³-hybridized carbons (Fsp3) is 0.308. The molecular formula is C26H30Si. The molecule has 2 aliphatic carbocycles. The first kappa shape index (κ1) is 18.2. The lowest BCUT2D eigenvalue weighted by Crippen LogP contribution is -2.45. The molecule has 0 spiro atoms. The maximum absolute atomic E-state index is 2.59. The van der Waals surface area contributed by atoms with E-state index in [9.17, 15) is 0 Å². The third-order valence-corrected chi connectivity index (χ3v) is 12.8. The van der Waals surface area contributed by atoms with Gasteiger partial charge in [-0.25, -0.2) is 0 Å². The van der Waals surface area contributed by atoms with E-state index in [2.05, 4.69) is 108 Å². The summed E-state index contributed by atoms with van der Waals surface area (Å²) in [4.78, 5) is 0. The Balaban J connectivity index is 1.88. The molecule has 4 rings (SSSR count). The first-order valence-corrected chi connectivity index (χ1v) is 13.1. The van der Waals surface area contributed by atoms with Gasteiger partial charge in [-0.15, -0.1) is 0 Å². The minimum Gasteiger partial charge on any atom is -0.0741 e. The number of rotatable bonds is 3. The highest BCUT2D eigenvalue weighted by Crippen LogP contribution is 2.59. The molecule has 0 amide bonds. The second kappa shape index (κ2) is 6.20. The normalized spacial score (nSPS) is 24.7. The van der Waals surface area contributed by atoms with E-state index in [-0.39, 0.29) is 5.04 Å². The Labute approximate surface area is 165 Å². The molecular weight excluding hydrogens is 340 g/mol. The van der Waals surface area contributed by atoms with Crippen molar-refractivity contribution >= 4 is 13.6 Å². The number of hydrogen-bond acceptors (Lipinski definition) is 0. The summed E-state index contributed by atoms with van der Waals surface area (Å²) < 4.78 is 0. The molecule has 138 valence electrons. The quantitative estimate of drug-likeness (QED) is 0.490. The van der Waals surface area contributed by atoms with Gasteiger partial charge in [0.25, 0.3) is 0 Å². The predicted molar refractivity (Wildman–Crippen MR) is 121 cm³/mol. The molecule has 0 fully saturated rings. The molecule has 2 atom stereocenters. The lowest BCUT2D eigenvalue weighted by Gasteiger charge is -2.44. The molecule has 0 radical (unpaired) electrons. The van der Waals surface area contributed by atoms with Gasteiger partial charge in [0.1, 0.15) is 0 Å². The largest absolute Gasteiger partial charge is 0.0745 e. The average Bonchev–Trinajstić information content (AvgIpc) is 3.16. The second-order valence-corrected chi connectivity index (χ2v) is 14.1. The summed E-state index contributed by atoms with van der Waals surface area (Å²) in [5, 5.41) is 0.196. The third kappa shape index (κ3) is 2.56. The Morgan fingerprint density at radius 2 is 1.48 bits per heavy atom. The molecule has 0 saturated carbocycles. The predicted octanol–water partition coefficient (Wildman–Crippen LogP) is 7.52. The van der Waals surface area contributed by atoms with Crippen LogP contribution in [0.2, 0.25) is 18.1 Å². The van der Waals surface area contributed by atoms with Gasteiger partial charge in [0.2, 0.25) is 0 Å². The molecule has 0 nitrogen and oxygen atoms in total. The summed E-state index contributed by atoms with van der Waals surface area (Å²) in [5.74, 6) is 0. The van der Waals surface area contributed by atoms with Crippen LogP contribution in [-0.2, 0) is 0 Å². The van der Waals surface area contributed by atoms with Crippen molar-refractivity contribution in [3.05, 3.63) is 100 Å². The van der Waals surface area contributed by atoms with Gasteiger partial charge in [0.15, 0.2) is 0 Å². The monoisotopic (exact) mass is 370 g/mol. The summed E-state index contributed by atoms with van der Waals surface area (Å²) >= 11 is 0. The van der Waals surface area contributed by atoms with Gasteiger partial charge in [-0.2, -0.15) is 0 Å². The molecule has 1 heteroatoms. The van der Waals surface area contributed by atoms with Gasteiger partial charge in [-0.3, -0.25) is 0 Å². The van der Waals surface area contributed by atoms with Crippen LogP contribution in [0.5, 0.6) is 0 Å². The topological polar surface area (TPSA) is 0 Å². The summed E-state index contributed by atoms with van der Waals surface area (Å²) in [5.41, 5.74) is 10.8. The van der Waals surface area contributed by atoms with E-state index in [1.165, 1.54) is 33.4 Å². The maximum Gasteiger partial charge on any atom is 0.0745 e. The number of benzene rings is 2. The van der Waals surface area contributed by atoms with Crippen molar-refractivity contribution in [3.8, 4) is 0 Å². The van der Waals surface area contributed by atoms with Gasteiger partial charge < -0.3 is 0 Å². The third-order valence-electron chi connectivity index (χ3n) is 7.56. The van der Waals surface area contributed by atoms with Crippen molar-refractivity contribution in [3.63, 3.8) is 0 Å². The maximum atomic E-state index is 2.59. The van der Waals surface area contributed by atoms with Crippen molar-refractivity contribution in [2.45, 2.75) is 51.4 Å². The van der Waals surface area contributed by atoms with Gasteiger partial charge in [-0.05, 0) is 54.1 Å². The molecule has 0 saturated heterocycles. The zero-order valence-corrected chi connectivity index (χ0v) is 18.4. The second-order valence-electron chi connectivity index (χ2n) is 9.01. The van der Waals surface area contributed by atoms with Gasteiger partial charge in [-0.1, -0.05) is 97.9 Å². The van der Waals surface area contributed by atoms with Crippen molar-refractivity contribution in [2.24, 2.45) is 0 Å². The summed E-state index contributed by atoms with van der Waals surface area (Å²) in [7, 11) is -1.74. The van der Waals surface area contributed by atoms with Crippen LogP contribution in [0.3, 0.4) is 0 Å². The first-order valence-electron chi connectivity index (χ1n) is 10.0. The molecule has 27 heavy (non-hydrogen) atoms. The lowest BCUT2D eigenvalue weighted by atomic mass is 9.99. The Morgan fingerprint density at radius 3 is 2.11 bits per heavy atom. The highest BCUT2D eigenvalue weighted by Gasteiger charge is 2.51. The van der Waals surface area contributed by atoms with E-state index in [0.717, 1.165) is 0 Å². The summed E-state index contributed by atoms with van der Waals surface area (Å²) in [6.45, 7) is 14.6. The van der Waals surface area contributed by atoms with Crippen LogP contribution in [0, 0.1) is 0 Å². The van der Waals surface area contributed by atoms with Gasteiger partial charge in [0, 0.05) is 5.04 Å². The van der Waals surface area contributed by atoms with E-state index in [1.54, 1.807) is 5.57 Å². The van der Waals surface area contributed by atoms with Gasteiger partial charge in [0.05, 0.1) is 8.07 Å². The van der Waals surface area contributed by atoms with Crippen LogP contribution in [0.15, 0.2) is 83.5 Å². The zero-order chi connectivity index (χ0) is 19.4. The lowest BCUT2D eigenvalue weighted by molar-refractivity contribution is 0.823. The fourth-order valence-corrected chi connectivity index (χ4v) is 9.15. The fourth-order valence-electron chi connectivity index (χ4n) is 5.15. The van der Waals surface area contributed by atoms with E-state index in [4.69, 9.17) is 0 Å². The van der Waals surface area contributed by atoms with E-state index in [1.807, 2.05) is 0 Å². The van der Waals surface area contributed by atoms with Crippen molar-refractivity contribution in [1.82, 2.24) is 0 Å². The van der Waals surface area contributed by atoms with E-state index in [0.29, 0.717) is 5.54 Å². The molecule has 0 bridgehead atoms. The Hall–Kier alpha value is -2.12. The molecule has 2 aromatic carbocycles. The van der Waals surface area contributed by atoms with Gasteiger partial charge >= 0.3 is 0 Å². The Bertz CT molecular complexity index is 988. The minimum atomic E-state index is -1.74. The van der Waals surface area contributed by atoms with E-state index < -0.39 is 8.07 Å². The van der Waals surface area contributed by atoms with Crippen LogP contribution in [0.25, 0.3) is 5.57 Å². The standard InChI is InChI=1S/C26H30Si/c1-18-17-26(4,20(3)19(18)2)27(5,6)25-16-24(21-12-8-7-9-13-21)22-14-10-11-15-23(22)25/h7-17,25H,1-6H3. The smallest absolute Gasteiger partial charge is 0.0741 e. The van der Waals surface area contributed by atoms with Crippen LogP contribution in [0.1, 0.15) is 49.9 Å². The summed E-state index contributed by atoms with van der Waals surface area (Å²) in [6.07, 6.45) is 5.16.